The Morgan fingerprint density at radius 2 is 1.78 bits per heavy atom. The molecule has 8 nitrogen and oxygen atoms in total. The van der Waals surface area contributed by atoms with E-state index >= 15 is 0 Å². The van der Waals surface area contributed by atoms with E-state index in [2.05, 4.69) is 4.72 Å². The second kappa shape index (κ2) is 7.93. The summed E-state index contributed by atoms with van der Waals surface area (Å²) in [6, 6.07) is 4.57. The van der Waals surface area contributed by atoms with Crippen LogP contribution in [0.15, 0.2) is 29.2 Å². The number of hydrogen-bond acceptors (Lipinski definition) is 6. The van der Waals surface area contributed by atoms with Crippen molar-refractivity contribution in [3.8, 4) is 5.75 Å². The Hall–Kier alpha value is -2.13. The van der Waals surface area contributed by atoms with Gasteiger partial charge in [0, 0.05) is 14.1 Å². The maximum Gasteiger partial charge on any atom is 0.324 e. The minimum absolute atomic E-state index is 0.0117. The standard InChI is InChI=1S/C14H20N2O6S/c1-10(14(18)22-9-13(17)16(2)3)15-23(19,20)12-7-5-11(21-4)6-8-12/h5-8,10,15H,9H2,1-4H3/t10-/m0/s1. The number of ether oxygens (including phenoxy) is 2. The van der Waals surface area contributed by atoms with E-state index in [0.29, 0.717) is 5.75 Å². The quantitative estimate of drug-likeness (QED) is 0.698. The van der Waals surface area contributed by atoms with Crippen LogP contribution in [0.3, 0.4) is 0 Å². The summed E-state index contributed by atoms with van der Waals surface area (Å²) in [6.07, 6.45) is 0. The lowest BCUT2D eigenvalue weighted by Crippen LogP contribution is -2.40. The number of benzene rings is 1. The molecule has 1 aromatic rings. The molecule has 9 heteroatoms. The van der Waals surface area contributed by atoms with Gasteiger partial charge in [-0.3, -0.25) is 9.59 Å². The average molecular weight is 344 g/mol. The van der Waals surface area contributed by atoms with Crippen molar-refractivity contribution in [2.45, 2.75) is 17.9 Å². The fourth-order valence-electron chi connectivity index (χ4n) is 1.49. The predicted molar refractivity (Wildman–Crippen MR) is 82.4 cm³/mol. The van der Waals surface area contributed by atoms with Gasteiger partial charge in [-0.1, -0.05) is 0 Å². The van der Waals surface area contributed by atoms with Crippen molar-refractivity contribution < 1.29 is 27.5 Å². The first-order valence-corrected chi connectivity index (χ1v) is 8.19. The lowest BCUT2D eigenvalue weighted by Gasteiger charge is -2.15. The highest BCUT2D eigenvalue weighted by Gasteiger charge is 2.23. The Bertz CT molecular complexity index is 654. The highest BCUT2D eigenvalue weighted by atomic mass is 32.2. The molecule has 0 saturated carbocycles. The zero-order valence-corrected chi connectivity index (χ0v) is 14.2. The molecule has 128 valence electrons. The number of carbonyl (C=O) groups is 2. The second-order valence-corrected chi connectivity index (χ2v) is 6.63. The number of nitrogens with one attached hydrogen (secondary N) is 1. The summed E-state index contributed by atoms with van der Waals surface area (Å²) in [4.78, 5) is 24.3. The van der Waals surface area contributed by atoms with Crippen LogP contribution < -0.4 is 9.46 Å². The summed E-state index contributed by atoms with van der Waals surface area (Å²) in [5.41, 5.74) is 0. The number of esters is 1. The fourth-order valence-corrected chi connectivity index (χ4v) is 2.68. The summed E-state index contributed by atoms with van der Waals surface area (Å²) in [6.45, 7) is 0.893. The van der Waals surface area contributed by atoms with E-state index < -0.39 is 34.5 Å². The van der Waals surface area contributed by atoms with Gasteiger partial charge in [0.2, 0.25) is 10.0 Å². The molecule has 1 rings (SSSR count). The number of carbonyl (C=O) groups excluding carboxylic acids is 2. The predicted octanol–water partition coefficient (Wildman–Crippen LogP) is -0.00660. The Morgan fingerprint density at radius 3 is 2.26 bits per heavy atom. The smallest absolute Gasteiger partial charge is 0.324 e. The van der Waals surface area contributed by atoms with Crippen molar-refractivity contribution in [3.05, 3.63) is 24.3 Å². The molecule has 0 radical (unpaired) electrons. The third kappa shape index (κ3) is 5.53. The normalized spacial score (nSPS) is 12.3. The molecule has 0 spiro atoms. The molecule has 0 unspecified atom stereocenters. The topological polar surface area (TPSA) is 102 Å². The van der Waals surface area contributed by atoms with Gasteiger partial charge in [0.05, 0.1) is 12.0 Å². The van der Waals surface area contributed by atoms with Crippen LogP contribution in [0, 0.1) is 0 Å². The highest BCUT2D eigenvalue weighted by molar-refractivity contribution is 7.89. The van der Waals surface area contributed by atoms with Crippen molar-refractivity contribution in [1.82, 2.24) is 9.62 Å². The molecule has 1 amide bonds. The monoisotopic (exact) mass is 344 g/mol. The molecule has 0 aromatic heterocycles. The minimum Gasteiger partial charge on any atom is -0.497 e. The lowest BCUT2D eigenvalue weighted by molar-refractivity contribution is -0.152. The fraction of sp³-hybridized carbons (Fsp3) is 0.429. The number of methoxy groups -OCH3 is 1. The van der Waals surface area contributed by atoms with Gasteiger partial charge < -0.3 is 14.4 Å². The molecule has 0 fully saturated rings. The summed E-state index contributed by atoms with van der Waals surface area (Å²) < 4.78 is 36.2. The summed E-state index contributed by atoms with van der Waals surface area (Å²) >= 11 is 0. The van der Waals surface area contributed by atoms with Crippen LogP contribution in [0.4, 0.5) is 0 Å². The van der Waals surface area contributed by atoms with E-state index in [-0.39, 0.29) is 4.90 Å². The molecule has 0 aliphatic carbocycles. The van der Waals surface area contributed by atoms with Gasteiger partial charge in [0.25, 0.3) is 5.91 Å². The maximum absolute atomic E-state index is 12.2. The SMILES string of the molecule is COc1ccc(S(=O)(=O)N[C@@H](C)C(=O)OCC(=O)N(C)C)cc1. The maximum atomic E-state index is 12.2. The van der Waals surface area contributed by atoms with Gasteiger partial charge in [-0.2, -0.15) is 4.72 Å². The van der Waals surface area contributed by atoms with Gasteiger partial charge >= 0.3 is 5.97 Å². The molecule has 0 aliphatic heterocycles. The first kappa shape index (κ1) is 18.9. The summed E-state index contributed by atoms with van der Waals surface area (Å²) in [5, 5.41) is 0. The van der Waals surface area contributed by atoms with Crippen molar-refractivity contribution in [2.24, 2.45) is 0 Å². The molecular weight excluding hydrogens is 324 g/mol. The average Bonchev–Trinajstić information content (AvgIpc) is 2.51. The van der Waals surface area contributed by atoms with E-state index in [4.69, 9.17) is 9.47 Å². The summed E-state index contributed by atoms with van der Waals surface area (Å²) in [5.74, 6) is -0.723. The van der Waals surface area contributed by atoms with E-state index in [1.54, 1.807) is 0 Å². The van der Waals surface area contributed by atoms with E-state index in [9.17, 15) is 18.0 Å². The molecule has 0 bridgehead atoms. The first-order chi connectivity index (χ1) is 10.7. The number of hydrogen-bond donors (Lipinski definition) is 1. The van der Waals surface area contributed by atoms with Gasteiger partial charge in [-0.05, 0) is 31.2 Å². The second-order valence-electron chi connectivity index (χ2n) is 4.91. The van der Waals surface area contributed by atoms with Crippen LogP contribution in [0.25, 0.3) is 0 Å². The van der Waals surface area contributed by atoms with Gasteiger partial charge in [0.15, 0.2) is 6.61 Å². The van der Waals surface area contributed by atoms with Crippen LogP contribution in [0.1, 0.15) is 6.92 Å². The van der Waals surface area contributed by atoms with Gasteiger partial charge in [0.1, 0.15) is 11.8 Å². The Labute approximate surface area is 135 Å². The number of amides is 1. The van der Waals surface area contributed by atoms with Crippen molar-refractivity contribution in [3.63, 3.8) is 0 Å². The lowest BCUT2D eigenvalue weighted by atomic mass is 10.3. The van der Waals surface area contributed by atoms with Gasteiger partial charge in [-0.25, -0.2) is 8.42 Å². The molecular formula is C14H20N2O6S. The molecule has 1 aromatic carbocycles. The number of likely N-dealkylation sites (N-methyl/N-ethyl adjacent to an activating group) is 1. The Kier molecular flexibility index (Phi) is 6.52. The summed E-state index contributed by atoms with van der Waals surface area (Å²) in [7, 11) is 0.621. The first-order valence-electron chi connectivity index (χ1n) is 6.70. The van der Waals surface area contributed by atoms with E-state index in [1.165, 1.54) is 57.3 Å². The van der Waals surface area contributed by atoms with E-state index in [1.807, 2.05) is 0 Å². The molecule has 0 heterocycles. The van der Waals surface area contributed by atoms with Crippen LogP contribution >= 0.6 is 0 Å². The zero-order valence-electron chi connectivity index (χ0n) is 13.4. The molecule has 23 heavy (non-hydrogen) atoms. The highest BCUT2D eigenvalue weighted by Crippen LogP contribution is 2.15. The Balaban J connectivity index is 2.68. The minimum atomic E-state index is -3.89. The van der Waals surface area contributed by atoms with Crippen LogP contribution in [-0.4, -0.2) is 59.0 Å². The van der Waals surface area contributed by atoms with Gasteiger partial charge in [-0.15, -0.1) is 0 Å². The molecule has 1 N–H and O–H groups in total. The third-order valence-corrected chi connectivity index (χ3v) is 4.45. The van der Waals surface area contributed by atoms with Crippen molar-refractivity contribution in [1.29, 1.82) is 0 Å². The van der Waals surface area contributed by atoms with Crippen LogP contribution in [-0.2, 0) is 24.3 Å². The third-order valence-electron chi connectivity index (χ3n) is 2.89. The number of sulfonamides is 1. The number of rotatable bonds is 7. The molecule has 0 aliphatic rings. The Morgan fingerprint density at radius 1 is 1.22 bits per heavy atom. The van der Waals surface area contributed by atoms with Crippen molar-refractivity contribution in [2.75, 3.05) is 27.8 Å². The van der Waals surface area contributed by atoms with E-state index in [0.717, 1.165) is 0 Å². The molecule has 1 atom stereocenters. The van der Waals surface area contributed by atoms with Crippen molar-refractivity contribution >= 4 is 21.9 Å². The largest absolute Gasteiger partial charge is 0.497 e. The zero-order chi connectivity index (χ0) is 17.6. The molecule has 0 saturated heterocycles. The van der Waals surface area contributed by atoms with Crippen LogP contribution in [0.2, 0.25) is 0 Å². The van der Waals surface area contributed by atoms with Crippen LogP contribution in [0.5, 0.6) is 5.75 Å². The number of nitrogens with zero attached hydrogens (tertiary/aromatic N) is 1.